The van der Waals surface area contributed by atoms with Gasteiger partial charge in [-0.2, -0.15) is 0 Å². The van der Waals surface area contributed by atoms with Crippen molar-refractivity contribution in [3.8, 4) is 5.75 Å². The van der Waals surface area contributed by atoms with E-state index in [1.807, 2.05) is 19.1 Å². The second kappa shape index (κ2) is 4.77. The van der Waals surface area contributed by atoms with Crippen LogP contribution < -0.4 is 10.5 Å². The summed E-state index contributed by atoms with van der Waals surface area (Å²) in [4.78, 5) is 0. The fraction of sp³-hybridized carbons (Fsp3) is 0.273. The van der Waals surface area contributed by atoms with E-state index in [4.69, 9.17) is 10.5 Å². The maximum absolute atomic E-state index is 13.0. The molecule has 76 valence electrons. The Morgan fingerprint density at radius 1 is 1.50 bits per heavy atom. The van der Waals surface area contributed by atoms with Crippen LogP contribution in [0.15, 0.2) is 24.3 Å². The largest absolute Gasteiger partial charge is 0.494 e. The Morgan fingerprint density at radius 3 is 2.79 bits per heavy atom. The zero-order valence-corrected chi connectivity index (χ0v) is 8.33. The van der Waals surface area contributed by atoms with E-state index in [2.05, 4.69) is 0 Å². The minimum absolute atomic E-state index is 0.00829. The maximum Gasteiger partial charge on any atom is 0.165 e. The summed E-state index contributed by atoms with van der Waals surface area (Å²) in [5.41, 5.74) is 6.42. The number of hydrogen-bond acceptors (Lipinski definition) is 2. The molecule has 0 amide bonds. The Hall–Kier alpha value is -1.35. The lowest BCUT2D eigenvalue weighted by atomic mass is 10.1. The van der Waals surface area contributed by atoms with E-state index in [0.29, 0.717) is 0 Å². The van der Waals surface area contributed by atoms with Crippen molar-refractivity contribution < 1.29 is 9.13 Å². The SMILES string of the molecule is COc1cc(/C=C/C(C)N)ccc1F. The zero-order valence-electron chi connectivity index (χ0n) is 8.33. The van der Waals surface area contributed by atoms with Crippen molar-refractivity contribution in [2.45, 2.75) is 13.0 Å². The first-order valence-electron chi connectivity index (χ1n) is 4.41. The van der Waals surface area contributed by atoms with Crippen molar-refractivity contribution in [3.05, 3.63) is 35.7 Å². The van der Waals surface area contributed by atoms with Gasteiger partial charge in [-0.3, -0.25) is 0 Å². The van der Waals surface area contributed by atoms with Gasteiger partial charge in [0.15, 0.2) is 11.6 Å². The quantitative estimate of drug-likeness (QED) is 0.802. The van der Waals surface area contributed by atoms with Crippen LogP contribution in [0.25, 0.3) is 6.08 Å². The molecule has 1 atom stereocenters. The predicted molar refractivity (Wildman–Crippen MR) is 55.6 cm³/mol. The number of benzene rings is 1. The smallest absolute Gasteiger partial charge is 0.165 e. The minimum atomic E-state index is -0.356. The Kier molecular flexibility index (Phi) is 3.65. The molecule has 0 aliphatic heterocycles. The van der Waals surface area contributed by atoms with Crippen LogP contribution in [0, 0.1) is 5.82 Å². The fourth-order valence-electron chi connectivity index (χ4n) is 1.04. The molecule has 0 bridgehead atoms. The third-order valence-corrected chi connectivity index (χ3v) is 1.77. The van der Waals surface area contributed by atoms with Crippen molar-refractivity contribution in [2.24, 2.45) is 5.73 Å². The number of methoxy groups -OCH3 is 1. The molecule has 1 unspecified atom stereocenters. The fourth-order valence-corrected chi connectivity index (χ4v) is 1.04. The number of halogens is 1. The van der Waals surface area contributed by atoms with Gasteiger partial charge in [-0.1, -0.05) is 18.2 Å². The van der Waals surface area contributed by atoms with Crippen LogP contribution >= 0.6 is 0 Å². The van der Waals surface area contributed by atoms with E-state index in [1.165, 1.54) is 13.2 Å². The summed E-state index contributed by atoms with van der Waals surface area (Å²) in [6, 6.07) is 4.68. The highest BCUT2D eigenvalue weighted by Crippen LogP contribution is 2.18. The zero-order chi connectivity index (χ0) is 10.6. The Bertz CT molecular complexity index is 334. The molecule has 1 aromatic rings. The highest BCUT2D eigenvalue weighted by Gasteiger charge is 2.01. The molecule has 0 saturated heterocycles. The van der Waals surface area contributed by atoms with Gasteiger partial charge in [-0.05, 0) is 24.6 Å². The molecule has 0 aromatic heterocycles. The average molecular weight is 195 g/mol. The second-order valence-electron chi connectivity index (χ2n) is 3.11. The van der Waals surface area contributed by atoms with Crippen molar-refractivity contribution in [1.29, 1.82) is 0 Å². The van der Waals surface area contributed by atoms with Crippen LogP contribution in [0.3, 0.4) is 0 Å². The van der Waals surface area contributed by atoms with Crippen LogP contribution in [0.2, 0.25) is 0 Å². The normalized spacial score (nSPS) is 13.1. The van der Waals surface area contributed by atoms with Gasteiger partial charge in [0, 0.05) is 6.04 Å². The van der Waals surface area contributed by atoms with Crippen LogP contribution in [0.5, 0.6) is 5.75 Å². The lowest BCUT2D eigenvalue weighted by Gasteiger charge is -2.02. The molecule has 14 heavy (non-hydrogen) atoms. The molecular formula is C11H14FNO. The first kappa shape index (κ1) is 10.7. The topological polar surface area (TPSA) is 35.2 Å². The number of hydrogen-bond donors (Lipinski definition) is 1. The Balaban J connectivity index is 2.89. The average Bonchev–Trinajstić information content (AvgIpc) is 2.16. The summed E-state index contributed by atoms with van der Waals surface area (Å²) in [6.45, 7) is 1.87. The van der Waals surface area contributed by atoms with E-state index in [-0.39, 0.29) is 17.6 Å². The molecule has 0 fully saturated rings. The molecule has 0 heterocycles. The monoisotopic (exact) mass is 195 g/mol. The second-order valence-corrected chi connectivity index (χ2v) is 3.11. The van der Waals surface area contributed by atoms with Gasteiger partial charge in [-0.15, -0.1) is 0 Å². The van der Waals surface area contributed by atoms with Crippen molar-refractivity contribution in [1.82, 2.24) is 0 Å². The van der Waals surface area contributed by atoms with Crippen LogP contribution in [0.4, 0.5) is 4.39 Å². The summed E-state index contributed by atoms with van der Waals surface area (Å²) >= 11 is 0. The highest BCUT2D eigenvalue weighted by molar-refractivity contribution is 5.52. The first-order valence-corrected chi connectivity index (χ1v) is 4.41. The van der Waals surface area contributed by atoms with Gasteiger partial charge in [0.1, 0.15) is 0 Å². The lowest BCUT2D eigenvalue weighted by Crippen LogP contribution is -2.09. The standard InChI is InChI=1S/C11H14FNO/c1-8(13)3-4-9-5-6-10(12)11(7-9)14-2/h3-8H,13H2,1-2H3/b4-3+. The Morgan fingerprint density at radius 2 is 2.21 bits per heavy atom. The third-order valence-electron chi connectivity index (χ3n) is 1.77. The van der Waals surface area contributed by atoms with Crippen LogP contribution in [-0.4, -0.2) is 13.2 Å². The number of nitrogens with two attached hydrogens (primary N) is 1. The molecule has 1 rings (SSSR count). The first-order chi connectivity index (χ1) is 6.63. The van der Waals surface area contributed by atoms with E-state index in [0.717, 1.165) is 5.56 Å². The van der Waals surface area contributed by atoms with Gasteiger partial charge in [0.2, 0.25) is 0 Å². The predicted octanol–water partition coefficient (Wildman–Crippen LogP) is 2.19. The van der Waals surface area contributed by atoms with Gasteiger partial charge >= 0.3 is 0 Å². The van der Waals surface area contributed by atoms with E-state index in [9.17, 15) is 4.39 Å². The molecule has 0 aliphatic rings. The van der Waals surface area contributed by atoms with Crippen molar-refractivity contribution in [2.75, 3.05) is 7.11 Å². The molecule has 0 radical (unpaired) electrons. The molecule has 3 heteroatoms. The molecule has 0 aliphatic carbocycles. The minimum Gasteiger partial charge on any atom is -0.494 e. The summed E-state index contributed by atoms with van der Waals surface area (Å²) < 4.78 is 17.8. The van der Waals surface area contributed by atoms with E-state index >= 15 is 0 Å². The summed E-state index contributed by atoms with van der Waals surface area (Å²) in [5, 5.41) is 0. The maximum atomic E-state index is 13.0. The van der Waals surface area contributed by atoms with Crippen LogP contribution in [0.1, 0.15) is 12.5 Å². The van der Waals surface area contributed by atoms with Gasteiger partial charge in [0.25, 0.3) is 0 Å². The summed E-state index contributed by atoms with van der Waals surface area (Å²) in [6.07, 6.45) is 3.68. The molecular weight excluding hydrogens is 181 g/mol. The van der Waals surface area contributed by atoms with Gasteiger partial charge in [0.05, 0.1) is 7.11 Å². The molecule has 0 spiro atoms. The molecule has 2 nitrogen and oxygen atoms in total. The van der Waals surface area contributed by atoms with Gasteiger partial charge < -0.3 is 10.5 Å². The molecule has 0 saturated carbocycles. The number of ether oxygens (including phenoxy) is 1. The summed E-state index contributed by atoms with van der Waals surface area (Å²) in [5.74, 6) is -0.109. The summed E-state index contributed by atoms with van der Waals surface area (Å²) in [7, 11) is 1.44. The highest BCUT2D eigenvalue weighted by atomic mass is 19.1. The lowest BCUT2D eigenvalue weighted by molar-refractivity contribution is 0.386. The van der Waals surface area contributed by atoms with E-state index in [1.54, 1.807) is 12.1 Å². The number of rotatable bonds is 3. The Labute approximate surface area is 83.2 Å². The van der Waals surface area contributed by atoms with Gasteiger partial charge in [-0.25, -0.2) is 4.39 Å². The third kappa shape index (κ3) is 2.85. The van der Waals surface area contributed by atoms with Crippen LogP contribution in [-0.2, 0) is 0 Å². The molecule has 2 N–H and O–H groups in total. The van der Waals surface area contributed by atoms with Crippen molar-refractivity contribution in [3.63, 3.8) is 0 Å². The molecule has 1 aromatic carbocycles. The van der Waals surface area contributed by atoms with Crippen molar-refractivity contribution >= 4 is 6.08 Å². The van der Waals surface area contributed by atoms with E-state index < -0.39 is 0 Å².